The Bertz CT molecular complexity index is 1100. The summed E-state index contributed by atoms with van der Waals surface area (Å²) in [6, 6.07) is 18.4. The molecule has 1 N–H and O–H groups in total. The van der Waals surface area contributed by atoms with Gasteiger partial charge in [-0.2, -0.15) is 5.10 Å². The fourth-order valence-corrected chi connectivity index (χ4v) is 2.94. The molecule has 8 heteroatoms. The smallest absolute Gasteiger partial charge is 0.345 e. The number of hydrogen-bond acceptors (Lipinski definition) is 5. The van der Waals surface area contributed by atoms with Crippen molar-refractivity contribution in [2.45, 2.75) is 0 Å². The van der Waals surface area contributed by atoms with Crippen molar-refractivity contribution in [3.05, 3.63) is 92.9 Å². The zero-order chi connectivity index (χ0) is 21.5. The van der Waals surface area contributed by atoms with Crippen molar-refractivity contribution in [1.29, 1.82) is 0 Å². The number of carbonyl (C=O) groups excluding carboxylic acids is 2. The predicted octanol–water partition coefficient (Wildman–Crippen LogP) is 5.09. The van der Waals surface area contributed by atoms with Gasteiger partial charge >= 0.3 is 5.97 Å². The Morgan fingerprint density at radius 2 is 1.77 bits per heavy atom. The summed E-state index contributed by atoms with van der Waals surface area (Å²) in [5.74, 6) is -0.366. The van der Waals surface area contributed by atoms with Gasteiger partial charge in [-0.3, -0.25) is 4.79 Å². The first-order chi connectivity index (χ1) is 14.5. The first-order valence-corrected chi connectivity index (χ1v) is 9.89. The monoisotopic (exact) mass is 486 g/mol. The summed E-state index contributed by atoms with van der Waals surface area (Å²) in [5.41, 5.74) is 3.83. The average Bonchev–Trinajstić information content (AvgIpc) is 2.75. The molecule has 0 aliphatic carbocycles. The lowest BCUT2D eigenvalue weighted by molar-refractivity contribution is 0.0729. The van der Waals surface area contributed by atoms with E-state index in [2.05, 4.69) is 26.5 Å². The number of rotatable bonds is 6. The van der Waals surface area contributed by atoms with Gasteiger partial charge < -0.3 is 9.47 Å². The van der Waals surface area contributed by atoms with Crippen molar-refractivity contribution in [2.75, 3.05) is 7.11 Å². The van der Waals surface area contributed by atoms with Crippen LogP contribution in [0.25, 0.3) is 0 Å². The van der Waals surface area contributed by atoms with E-state index in [9.17, 15) is 9.59 Å². The number of benzene rings is 3. The largest absolute Gasteiger partial charge is 0.493 e. The van der Waals surface area contributed by atoms with Gasteiger partial charge in [0.15, 0.2) is 11.5 Å². The van der Waals surface area contributed by atoms with Crippen molar-refractivity contribution in [2.24, 2.45) is 5.10 Å². The predicted molar refractivity (Wildman–Crippen MR) is 119 cm³/mol. The second-order valence-corrected chi connectivity index (χ2v) is 7.31. The van der Waals surface area contributed by atoms with Crippen LogP contribution in [0.3, 0.4) is 0 Å². The molecule has 0 aromatic heterocycles. The van der Waals surface area contributed by atoms with Crippen LogP contribution in [0, 0.1) is 0 Å². The molecule has 0 aliphatic rings. The van der Waals surface area contributed by atoms with E-state index in [4.69, 9.17) is 21.1 Å². The van der Waals surface area contributed by atoms with E-state index in [-0.39, 0.29) is 17.2 Å². The highest BCUT2D eigenvalue weighted by atomic mass is 79.9. The first-order valence-electron chi connectivity index (χ1n) is 8.71. The number of nitrogens with one attached hydrogen (secondary N) is 1. The van der Waals surface area contributed by atoms with Gasteiger partial charge in [-0.25, -0.2) is 10.2 Å². The van der Waals surface area contributed by atoms with E-state index in [1.807, 2.05) is 0 Å². The lowest BCUT2D eigenvalue weighted by Gasteiger charge is -2.10. The molecule has 0 bridgehead atoms. The molecular formula is C22H16BrClN2O4. The second kappa shape index (κ2) is 10.0. The number of nitrogens with zero attached hydrogens (tertiary/aromatic N) is 1. The van der Waals surface area contributed by atoms with Gasteiger partial charge in [0.1, 0.15) is 0 Å². The first kappa shape index (κ1) is 21.5. The number of hydrogen-bond donors (Lipinski definition) is 1. The zero-order valence-electron chi connectivity index (χ0n) is 15.8. The Hall–Kier alpha value is -3.16. The van der Waals surface area contributed by atoms with E-state index >= 15 is 0 Å². The van der Waals surface area contributed by atoms with E-state index in [1.54, 1.807) is 66.7 Å². The molecule has 0 aliphatic heterocycles. The van der Waals surface area contributed by atoms with Crippen LogP contribution in [0.5, 0.6) is 11.5 Å². The Balaban J connectivity index is 1.68. The van der Waals surface area contributed by atoms with Gasteiger partial charge in [0, 0.05) is 10.0 Å². The summed E-state index contributed by atoms with van der Waals surface area (Å²) in [6.07, 6.45) is 1.46. The molecule has 0 saturated heterocycles. The third-order valence-corrected chi connectivity index (χ3v) is 4.83. The minimum absolute atomic E-state index is 0.235. The summed E-state index contributed by atoms with van der Waals surface area (Å²) in [5, 5.41) is 4.25. The second-order valence-electron chi connectivity index (χ2n) is 5.99. The number of esters is 1. The van der Waals surface area contributed by atoms with E-state index in [0.717, 1.165) is 4.47 Å². The molecule has 0 heterocycles. The number of halogens is 2. The molecule has 30 heavy (non-hydrogen) atoms. The molecule has 0 unspecified atom stereocenters. The molecule has 3 aromatic carbocycles. The summed E-state index contributed by atoms with van der Waals surface area (Å²) in [7, 11) is 1.46. The lowest BCUT2D eigenvalue weighted by Crippen LogP contribution is -2.17. The molecule has 6 nitrogen and oxygen atoms in total. The fraction of sp³-hybridized carbons (Fsp3) is 0.0455. The molecule has 3 rings (SSSR count). The van der Waals surface area contributed by atoms with Crippen LogP contribution in [-0.2, 0) is 0 Å². The van der Waals surface area contributed by atoms with Gasteiger partial charge in [0.25, 0.3) is 5.91 Å². The molecule has 3 aromatic rings. The summed E-state index contributed by atoms with van der Waals surface area (Å²) >= 11 is 9.35. The molecule has 152 valence electrons. The molecular weight excluding hydrogens is 472 g/mol. The van der Waals surface area contributed by atoms with Gasteiger partial charge in [0.2, 0.25) is 0 Å². The van der Waals surface area contributed by atoms with Crippen LogP contribution in [0.1, 0.15) is 26.3 Å². The van der Waals surface area contributed by atoms with Crippen molar-refractivity contribution < 1.29 is 19.1 Å². The van der Waals surface area contributed by atoms with Crippen molar-refractivity contribution in [3.63, 3.8) is 0 Å². The molecule has 0 radical (unpaired) electrons. The zero-order valence-corrected chi connectivity index (χ0v) is 18.1. The maximum absolute atomic E-state index is 12.4. The third-order valence-electron chi connectivity index (χ3n) is 3.97. The quantitative estimate of drug-likeness (QED) is 0.227. The van der Waals surface area contributed by atoms with Crippen molar-refractivity contribution in [1.82, 2.24) is 5.43 Å². The van der Waals surface area contributed by atoms with Crippen LogP contribution in [0.15, 0.2) is 76.3 Å². The molecule has 0 saturated carbocycles. The Kier molecular flexibility index (Phi) is 7.21. The number of amides is 1. The Labute approximate surface area is 186 Å². The molecule has 0 atom stereocenters. The van der Waals surface area contributed by atoms with E-state index in [0.29, 0.717) is 21.9 Å². The topological polar surface area (TPSA) is 77.0 Å². The highest BCUT2D eigenvalue weighted by Gasteiger charge is 2.15. The van der Waals surface area contributed by atoms with Crippen LogP contribution >= 0.6 is 27.5 Å². The molecule has 1 amide bonds. The number of carbonyl (C=O) groups is 2. The fourth-order valence-electron chi connectivity index (χ4n) is 2.46. The van der Waals surface area contributed by atoms with Crippen LogP contribution in [-0.4, -0.2) is 25.2 Å². The highest BCUT2D eigenvalue weighted by Crippen LogP contribution is 2.29. The maximum atomic E-state index is 12.4. The molecule has 0 spiro atoms. The average molecular weight is 488 g/mol. The maximum Gasteiger partial charge on any atom is 0.345 e. The number of hydrazone groups is 1. The minimum atomic E-state index is -0.595. The SMILES string of the molecule is COc1cc(C=NNC(=O)c2ccc(Br)cc2)ccc1OC(=O)c1ccccc1Cl. The van der Waals surface area contributed by atoms with Crippen molar-refractivity contribution in [3.8, 4) is 11.5 Å². The van der Waals surface area contributed by atoms with Crippen LogP contribution in [0.4, 0.5) is 0 Å². The van der Waals surface area contributed by atoms with Gasteiger partial charge in [-0.1, -0.05) is 39.7 Å². The van der Waals surface area contributed by atoms with Gasteiger partial charge in [-0.05, 0) is 60.2 Å². The summed E-state index contributed by atoms with van der Waals surface area (Å²) < 4.78 is 11.6. The minimum Gasteiger partial charge on any atom is -0.493 e. The van der Waals surface area contributed by atoms with E-state index < -0.39 is 5.97 Å². The lowest BCUT2D eigenvalue weighted by atomic mass is 10.2. The third kappa shape index (κ3) is 5.46. The number of ether oxygens (including phenoxy) is 2. The van der Waals surface area contributed by atoms with Crippen LogP contribution < -0.4 is 14.9 Å². The summed E-state index contributed by atoms with van der Waals surface area (Å²) in [4.78, 5) is 24.4. The highest BCUT2D eigenvalue weighted by molar-refractivity contribution is 9.10. The molecule has 0 fully saturated rings. The summed E-state index contributed by atoms with van der Waals surface area (Å²) in [6.45, 7) is 0. The normalized spacial score (nSPS) is 10.6. The van der Waals surface area contributed by atoms with Crippen molar-refractivity contribution >= 4 is 45.6 Å². The van der Waals surface area contributed by atoms with Crippen LogP contribution in [0.2, 0.25) is 5.02 Å². The van der Waals surface area contributed by atoms with E-state index in [1.165, 1.54) is 13.3 Å². The Morgan fingerprint density at radius 3 is 2.47 bits per heavy atom. The van der Waals surface area contributed by atoms with Gasteiger partial charge in [0.05, 0.1) is 23.9 Å². The standard InChI is InChI=1S/C22H16BrClN2O4/c1-29-20-12-14(13-25-26-21(27)15-7-9-16(23)10-8-15)6-11-19(20)30-22(28)17-4-2-3-5-18(17)24/h2-13H,1H3,(H,26,27). The Morgan fingerprint density at radius 1 is 1.03 bits per heavy atom. The van der Waals surface area contributed by atoms with Gasteiger partial charge in [-0.15, -0.1) is 0 Å². The number of methoxy groups -OCH3 is 1.